The molecule has 0 heterocycles. The molecule has 2 aromatic carbocycles. The fraction of sp³-hybridized carbons (Fsp3) is 0.133. The molecule has 0 saturated carbocycles. The van der Waals surface area contributed by atoms with E-state index in [0.717, 1.165) is 21.5 Å². The predicted octanol–water partition coefficient (Wildman–Crippen LogP) is 4.13. The molecule has 1 N–H and O–H groups in total. The van der Waals surface area contributed by atoms with Crippen molar-refractivity contribution in [3.05, 3.63) is 58.6 Å². The highest BCUT2D eigenvalue weighted by molar-refractivity contribution is 9.10. The Balaban J connectivity index is 2.14. The Kier molecular flexibility index (Phi) is 4.43. The molecule has 0 aliphatic carbocycles. The maximum absolute atomic E-state index is 9.26. The van der Waals surface area contributed by atoms with E-state index in [1.165, 1.54) is 0 Å². The first-order valence-corrected chi connectivity index (χ1v) is 6.58. The lowest BCUT2D eigenvalue weighted by Crippen LogP contribution is -2.08. The zero-order valence-corrected chi connectivity index (χ0v) is 12.0. The minimum absolute atomic E-state index is 0.374. The van der Waals surface area contributed by atoms with Gasteiger partial charge in [-0.2, -0.15) is 5.26 Å². The Bertz CT molecular complexity index is 573. The van der Waals surface area contributed by atoms with Crippen molar-refractivity contribution in [2.24, 2.45) is 0 Å². The van der Waals surface area contributed by atoms with Crippen LogP contribution in [-0.2, 0) is 0 Å². The van der Waals surface area contributed by atoms with E-state index in [1.807, 2.05) is 48.5 Å². The highest BCUT2D eigenvalue weighted by Gasteiger charge is 2.09. The second-order valence-electron chi connectivity index (χ2n) is 3.99. The number of nitriles is 1. The van der Waals surface area contributed by atoms with Gasteiger partial charge < -0.3 is 10.1 Å². The van der Waals surface area contributed by atoms with Gasteiger partial charge in [-0.1, -0.05) is 28.1 Å². The number of ether oxygens (including phenoxy) is 1. The normalized spacial score (nSPS) is 11.4. The number of rotatable bonds is 4. The van der Waals surface area contributed by atoms with Crippen molar-refractivity contribution in [2.45, 2.75) is 6.04 Å². The van der Waals surface area contributed by atoms with Gasteiger partial charge in [0.25, 0.3) is 0 Å². The number of benzene rings is 2. The Morgan fingerprint density at radius 2 is 1.74 bits per heavy atom. The molecule has 0 aliphatic heterocycles. The maximum Gasteiger partial charge on any atom is 0.140 e. The van der Waals surface area contributed by atoms with Crippen molar-refractivity contribution in [3.63, 3.8) is 0 Å². The molecule has 3 nitrogen and oxygen atoms in total. The van der Waals surface area contributed by atoms with Crippen LogP contribution in [0.15, 0.2) is 53.0 Å². The molecule has 0 spiro atoms. The summed E-state index contributed by atoms with van der Waals surface area (Å²) >= 11 is 3.38. The molecule has 4 heteroatoms. The maximum atomic E-state index is 9.26. The summed E-state index contributed by atoms with van der Waals surface area (Å²) in [7, 11) is 1.63. The molecule has 0 saturated heterocycles. The number of halogens is 1. The molecule has 96 valence electrons. The first kappa shape index (κ1) is 13.4. The second kappa shape index (κ2) is 6.26. The largest absolute Gasteiger partial charge is 0.497 e. The topological polar surface area (TPSA) is 45.0 Å². The molecule has 2 rings (SSSR count). The smallest absolute Gasteiger partial charge is 0.140 e. The van der Waals surface area contributed by atoms with Gasteiger partial charge in [-0.3, -0.25) is 0 Å². The molecule has 0 radical (unpaired) electrons. The van der Waals surface area contributed by atoms with E-state index >= 15 is 0 Å². The van der Waals surface area contributed by atoms with Gasteiger partial charge in [-0.25, -0.2) is 0 Å². The van der Waals surface area contributed by atoms with Crippen LogP contribution in [0.1, 0.15) is 11.6 Å². The van der Waals surface area contributed by atoms with Crippen LogP contribution in [0.2, 0.25) is 0 Å². The van der Waals surface area contributed by atoms with Gasteiger partial charge in [0.1, 0.15) is 11.8 Å². The summed E-state index contributed by atoms with van der Waals surface area (Å²) < 4.78 is 6.10. The Morgan fingerprint density at radius 3 is 2.26 bits per heavy atom. The summed E-state index contributed by atoms with van der Waals surface area (Å²) in [6.07, 6.45) is 0. The quantitative estimate of drug-likeness (QED) is 0.922. The number of methoxy groups -OCH3 is 1. The first-order chi connectivity index (χ1) is 9.22. The standard InChI is InChI=1S/C15H13BrN2O/c1-19-14-8-6-13(7-9-14)18-15(10-17)11-2-4-12(16)5-3-11/h2-9,15,18H,1H3/t15-/m0/s1. The van der Waals surface area contributed by atoms with Crippen LogP contribution in [-0.4, -0.2) is 7.11 Å². The minimum atomic E-state index is -0.374. The Labute approximate surface area is 121 Å². The molecular weight excluding hydrogens is 304 g/mol. The SMILES string of the molecule is COc1ccc(N[C@@H](C#N)c2ccc(Br)cc2)cc1. The van der Waals surface area contributed by atoms with Gasteiger partial charge in [0.15, 0.2) is 0 Å². The first-order valence-electron chi connectivity index (χ1n) is 5.78. The summed E-state index contributed by atoms with van der Waals surface area (Å²) in [5.41, 5.74) is 1.82. The average molecular weight is 317 g/mol. The lowest BCUT2D eigenvalue weighted by atomic mass is 10.1. The van der Waals surface area contributed by atoms with Gasteiger partial charge in [-0.15, -0.1) is 0 Å². The number of nitrogens with one attached hydrogen (secondary N) is 1. The van der Waals surface area contributed by atoms with Crippen LogP contribution in [0.5, 0.6) is 5.75 Å². The zero-order valence-electron chi connectivity index (χ0n) is 10.4. The predicted molar refractivity (Wildman–Crippen MR) is 79.1 cm³/mol. The van der Waals surface area contributed by atoms with Crippen molar-refractivity contribution in [3.8, 4) is 11.8 Å². The van der Waals surface area contributed by atoms with E-state index in [4.69, 9.17) is 4.74 Å². The van der Waals surface area contributed by atoms with E-state index in [0.29, 0.717) is 0 Å². The zero-order chi connectivity index (χ0) is 13.7. The van der Waals surface area contributed by atoms with Crippen LogP contribution >= 0.6 is 15.9 Å². The van der Waals surface area contributed by atoms with Crippen molar-refractivity contribution in [2.75, 3.05) is 12.4 Å². The van der Waals surface area contributed by atoms with Crippen LogP contribution in [0.3, 0.4) is 0 Å². The number of nitrogens with zero attached hydrogens (tertiary/aromatic N) is 1. The van der Waals surface area contributed by atoms with E-state index in [1.54, 1.807) is 7.11 Å². The summed E-state index contributed by atoms with van der Waals surface area (Å²) in [5.74, 6) is 0.794. The molecule has 0 aromatic heterocycles. The van der Waals surface area contributed by atoms with Gasteiger partial charge >= 0.3 is 0 Å². The number of anilines is 1. The van der Waals surface area contributed by atoms with Crippen molar-refractivity contribution in [1.29, 1.82) is 5.26 Å². The molecule has 0 amide bonds. The molecule has 19 heavy (non-hydrogen) atoms. The summed E-state index contributed by atoms with van der Waals surface area (Å²) in [4.78, 5) is 0. The molecule has 0 aliphatic rings. The number of hydrogen-bond donors (Lipinski definition) is 1. The molecule has 0 fully saturated rings. The van der Waals surface area contributed by atoms with Crippen molar-refractivity contribution >= 4 is 21.6 Å². The molecule has 0 unspecified atom stereocenters. The van der Waals surface area contributed by atoms with Crippen LogP contribution in [0.4, 0.5) is 5.69 Å². The van der Waals surface area contributed by atoms with E-state index < -0.39 is 0 Å². The minimum Gasteiger partial charge on any atom is -0.497 e. The van der Waals surface area contributed by atoms with Crippen LogP contribution in [0, 0.1) is 11.3 Å². The molecule has 2 aromatic rings. The van der Waals surface area contributed by atoms with Crippen LogP contribution < -0.4 is 10.1 Å². The molecule has 0 bridgehead atoms. The second-order valence-corrected chi connectivity index (χ2v) is 4.90. The van der Waals surface area contributed by atoms with Gasteiger partial charge in [0, 0.05) is 10.2 Å². The lowest BCUT2D eigenvalue weighted by Gasteiger charge is -2.13. The summed E-state index contributed by atoms with van der Waals surface area (Å²) in [6.45, 7) is 0. The van der Waals surface area contributed by atoms with E-state index in [9.17, 15) is 5.26 Å². The van der Waals surface area contributed by atoms with E-state index in [-0.39, 0.29) is 6.04 Å². The third-order valence-corrected chi connectivity index (χ3v) is 3.26. The summed E-state index contributed by atoms with van der Waals surface area (Å²) in [5, 5.41) is 12.4. The van der Waals surface area contributed by atoms with Gasteiger partial charge in [-0.05, 0) is 42.0 Å². The highest BCUT2D eigenvalue weighted by atomic mass is 79.9. The van der Waals surface area contributed by atoms with Crippen molar-refractivity contribution in [1.82, 2.24) is 0 Å². The van der Waals surface area contributed by atoms with Gasteiger partial charge in [0.2, 0.25) is 0 Å². The van der Waals surface area contributed by atoms with Crippen LogP contribution in [0.25, 0.3) is 0 Å². The Hall–Kier alpha value is -1.99. The Morgan fingerprint density at radius 1 is 1.11 bits per heavy atom. The van der Waals surface area contributed by atoms with Crippen molar-refractivity contribution < 1.29 is 4.74 Å². The number of hydrogen-bond acceptors (Lipinski definition) is 3. The third-order valence-electron chi connectivity index (χ3n) is 2.73. The summed E-state index contributed by atoms with van der Waals surface area (Å²) in [6, 6.07) is 17.1. The monoisotopic (exact) mass is 316 g/mol. The van der Waals surface area contributed by atoms with E-state index in [2.05, 4.69) is 27.3 Å². The molecule has 1 atom stereocenters. The van der Waals surface area contributed by atoms with Gasteiger partial charge in [0.05, 0.1) is 13.2 Å². The highest BCUT2D eigenvalue weighted by Crippen LogP contribution is 2.22. The fourth-order valence-electron chi connectivity index (χ4n) is 1.70. The average Bonchev–Trinajstić information content (AvgIpc) is 2.46. The molecular formula is C15H13BrN2O. The lowest BCUT2D eigenvalue weighted by molar-refractivity contribution is 0.415. The third kappa shape index (κ3) is 3.49. The fourth-order valence-corrected chi connectivity index (χ4v) is 1.96.